The van der Waals surface area contributed by atoms with E-state index in [-0.39, 0.29) is 16.5 Å². The third kappa shape index (κ3) is 2.70. The van der Waals surface area contributed by atoms with Crippen molar-refractivity contribution in [3.63, 3.8) is 0 Å². The Hall–Kier alpha value is -2.14. The van der Waals surface area contributed by atoms with Crippen LogP contribution in [-0.2, 0) is 0 Å². The molecule has 0 aromatic carbocycles. The van der Waals surface area contributed by atoms with Gasteiger partial charge in [-0.15, -0.1) is 0 Å². The third-order valence-electron chi connectivity index (χ3n) is 1.99. The average Bonchev–Trinajstić information content (AvgIpc) is 2.33. The fraction of sp³-hybridized carbons (Fsp3) is 0. The zero-order chi connectivity index (χ0) is 12.3. The van der Waals surface area contributed by atoms with Crippen molar-refractivity contribution in [2.24, 2.45) is 0 Å². The minimum Gasteiger partial charge on any atom is -0.384 e. The molecule has 3 N–H and O–H groups in total. The smallest absolute Gasteiger partial charge is 0.277 e. The van der Waals surface area contributed by atoms with Gasteiger partial charge in [0.1, 0.15) is 17.3 Å². The second kappa shape index (κ2) is 4.80. The second-order valence-electron chi connectivity index (χ2n) is 3.24. The Morgan fingerprint density at radius 2 is 2.12 bits per heavy atom. The molecular weight excluding hydrogens is 240 g/mol. The summed E-state index contributed by atoms with van der Waals surface area (Å²) in [4.78, 5) is 19.7. The number of hydrogen-bond acceptors (Lipinski definition) is 4. The lowest BCUT2D eigenvalue weighted by Gasteiger charge is -2.05. The van der Waals surface area contributed by atoms with Crippen molar-refractivity contribution in [1.29, 1.82) is 0 Å². The van der Waals surface area contributed by atoms with Crippen LogP contribution >= 0.6 is 11.6 Å². The number of nitrogens with one attached hydrogen (secondary N) is 1. The molecule has 5 nitrogen and oxygen atoms in total. The van der Waals surface area contributed by atoms with E-state index in [9.17, 15) is 4.79 Å². The highest BCUT2D eigenvalue weighted by molar-refractivity contribution is 6.34. The Bertz CT molecular complexity index is 544. The SMILES string of the molecule is Nc1ccc(Cl)c(C(=O)Nc2ccccn2)n1. The Kier molecular flexibility index (Phi) is 3.20. The molecule has 0 aliphatic heterocycles. The quantitative estimate of drug-likeness (QED) is 0.851. The van der Waals surface area contributed by atoms with Gasteiger partial charge in [0.25, 0.3) is 5.91 Å². The number of halogens is 1. The molecule has 0 fully saturated rings. The molecule has 2 heterocycles. The summed E-state index contributed by atoms with van der Waals surface area (Å²) in [6.07, 6.45) is 1.57. The van der Waals surface area contributed by atoms with E-state index in [4.69, 9.17) is 17.3 Å². The molecule has 86 valence electrons. The van der Waals surface area contributed by atoms with E-state index in [0.717, 1.165) is 0 Å². The van der Waals surface area contributed by atoms with Gasteiger partial charge in [-0.25, -0.2) is 9.97 Å². The van der Waals surface area contributed by atoms with Crippen LogP contribution in [0.1, 0.15) is 10.5 Å². The first-order chi connectivity index (χ1) is 8.16. The number of pyridine rings is 2. The van der Waals surface area contributed by atoms with Crippen molar-refractivity contribution in [2.45, 2.75) is 0 Å². The van der Waals surface area contributed by atoms with Gasteiger partial charge in [0, 0.05) is 6.20 Å². The van der Waals surface area contributed by atoms with Crippen LogP contribution in [0.25, 0.3) is 0 Å². The number of nitrogen functional groups attached to an aromatic ring is 1. The van der Waals surface area contributed by atoms with Crippen molar-refractivity contribution < 1.29 is 4.79 Å². The third-order valence-corrected chi connectivity index (χ3v) is 2.29. The largest absolute Gasteiger partial charge is 0.384 e. The minimum atomic E-state index is -0.444. The second-order valence-corrected chi connectivity index (χ2v) is 3.64. The lowest BCUT2D eigenvalue weighted by atomic mass is 10.3. The van der Waals surface area contributed by atoms with E-state index in [2.05, 4.69) is 15.3 Å². The molecule has 1 amide bonds. The fourth-order valence-electron chi connectivity index (χ4n) is 1.23. The maximum Gasteiger partial charge on any atom is 0.277 e. The molecule has 0 aliphatic carbocycles. The van der Waals surface area contributed by atoms with Gasteiger partial charge in [-0.1, -0.05) is 17.7 Å². The Morgan fingerprint density at radius 1 is 1.29 bits per heavy atom. The van der Waals surface area contributed by atoms with E-state index in [1.165, 1.54) is 12.1 Å². The maximum atomic E-state index is 11.8. The van der Waals surface area contributed by atoms with Crippen molar-refractivity contribution in [3.8, 4) is 0 Å². The highest BCUT2D eigenvalue weighted by Gasteiger charge is 2.13. The molecule has 17 heavy (non-hydrogen) atoms. The standard InChI is InChI=1S/C11H9ClN4O/c12-7-4-5-8(13)15-10(7)11(17)16-9-3-1-2-6-14-9/h1-6H,(H2,13,15)(H,14,16,17). The molecule has 0 bridgehead atoms. The van der Waals surface area contributed by atoms with Crippen LogP contribution in [0.4, 0.5) is 11.6 Å². The number of hydrogen-bond donors (Lipinski definition) is 2. The van der Waals surface area contributed by atoms with Gasteiger partial charge in [0.2, 0.25) is 0 Å². The van der Waals surface area contributed by atoms with Gasteiger partial charge in [0.15, 0.2) is 0 Å². The van der Waals surface area contributed by atoms with E-state index in [0.29, 0.717) is 5.82 Å². The molecule has 0 saturated heterocycles. The van der Waals surface area contributed by atoms with Crippen molar-refractivity contribution in [2.75, 3.05) is 11.1 Å². The normalized spacial score (nSPS) is 9.94. The summed E-state index contributed by atoms with van der Waals surface area (Å²) in [5.41, 5.74) is 5.57. The number of carbonyl (C=O) groups is 1. The first kappa shape index (κ1) is 11.3. The van der Waals surface area contributed by atoms with Gasteiger partial charge in [-0.2, -0.15) is 0 Å². The van der Waals surface area contributed by atoms with Crippen LogP contribution in [0.5, 0.6) is 0 Å². The molecule has 0 aliphatic rings. The van der Waals surface area contributed by atoms with E-state index in [1.54, 1.807) is 24.4 Å². The average molecular weight is 249 g/mol. The Morgan fingerprint density at radius 3 is 2.82 bits per heavy atom. The molecule has 6 heteroatoms. The van der Waals surface area contributed by atoms with Gasteiger partial charge in [-0.3, -0.25) is 4.79 Å². The fourth-order valence-corrected chi connectivity index (χ4v) is 1.42. The summed E-state index contributed by atoms with van der Waals surface area (Å²) in [5, 5.41) is 2.82. The number of anilines is 2. The van der Waals surface area contributed by atoms with E-state index >= 15 is 0 Å². The molecule has 2 rings (SSSR count). The number of nitrogens with zero attached hydrogens (tertiary/aromatic N) is 2. The van der Waals surface area contributed by atoms with E-state index in [1.807, 2.05) is 0 Å². The molecular formula is C11H9ClN4O. The van der Waals surface area contributed by atoms with Crippen molar-refractivity contribution >= 4 is 29.1 Å². The zero-order valence-corrected chi connectivity index (χ0v) is 9.48. The van der Waals surface area contributed by atoms with Crippen LogP contribution in [-0.4, -0.2) is 15.9 Å². The first-order valence-corrected chi connectivity index (χ1v) is 5.19. The summed E-state index contributed by atoms with van der Waals surface area (Å²) < 4.78 is 0. The first-order valence-electron chi connectivity index (χ1n) is 4.81. The Balaban J connectivity index is 2.23. The van der Waals surface area contributed by atoms with E-state index < -0.39 is 5.91 Å². The predicted octanol–water partition coefficient (Wildman–Crippen LogP) is 1.96. The maximum absolute atomic E-state index is 11.8. The monoisotopic (exact) mass is 248 g/mol. The van der Waals surface area contributed by atoms with Gasteiger partial charge >= 0.3 is 0 Å². The van der Waals surface area contributed by atoms with Crippen LogP contribution in [0.15, 0.2) is 36.5 Å². The molecule has 0 radical (unpaired) electrons. The summed E-state index contributed by atoms with van der Waals surface area (Å²) in [6.45, 7) is 0. The summed E-state index contributed by atoms with van der Waals surface area (Å²) >= 11 is 5.86. The van der Waals surface area contributed by atoms with Crippen molar-refractivity contribution in [3.05, 3.63) is 47.2 Å². The number of nitrogens with two attached hydrogens (primary N) is 1. The highest BCUT2D eigenvalue weighted by Crippen LogP contribution is 2.16. The topological polar surface area (TPSA) is 80.9 Å². The highest BCUT2D eigenvalue weighted by atomic mass is 35.5. The summed E-state index contributed by atoms with van der Waals surface area (Å²) in [7, 11) is 0. The molecule has 2 aromatic rings. The van der Waals surface area contributed by atoms with Crippen LogP contribution in [0.3, 0.4) is 0 Å². The van der Waals surface area contributed by atoms with Crippen LogP contribution < -0.4 is 11.1 Å². The molecule has 0 spiro atoms. The lowest BCUT2D eigenvalue weighted by molar-refractivity contribution is 0.102. The van der Waals surface area contributed by atoms with Crippen molar-refractivity contribution in [1.82, 2.24) is 9.97 Å². The zero-order valence-electron chi connectivity index (χ0n) is 8.72. The summed E-state index contributed by atoms with van der Waals surface area (Å²) in [5.74, 6) is 0.222. The Labute approximate surface area is 103 Å². The van der Waals surface area contributed by atoms with Gasteiger partial charge in [-0.05, 0) is 24.3 Å². The molecule has 0 atom stereocenters. The molecule has 0 saturated carbocycles. The minimum absolute atomic E-state index is 0.0809. The molecule has 2 aromatic heterocycles. The number of rotatable bonds is 2. The van der Waals surface area contributed by atoms with Gasteiger partial charge < -0.3 is 11.1 Å². The predicted molar refractivity (Wildman–Crippen MR) is 65.8 cm³/mol. The number of carbonyl (C=O) groups excluding carboxylic acids is 1. The molecule has 0 unspecified atom stereocenters. The number of aromatic nitrogens is 2. The van der Waals surface area contributed by atoms with Crippen LogP contribution in [0, 0.1) is 0 Å². The van der Waals surface area contributed by atoms with Crippen LogP contribution in [0.2, 0.25) is 5.02 Å². The number of amides is 1. The van der Waals surface area contributed by atoms with Gasteiger partial charge in [0.05, 0.1) is 5.02 Å². The lowest BCUT2D eigenvalue weighted by Crippen LogP contribution is -2.15. The summed E-state index contributed by atoms with van der Waals surface area (Å²) in [6, 6.07) is 8.23.